The van der Waals surface area contributed by atoms with Gasteiger partial charge in [-0.3, -0.25) is 0 Å². The molecule has 5 nitrogen and oxygen atoms in total. The molecule has 0 saturated carbocycles. The van der Waals surface area contributed by atoms with E-state index < -0.39 is 10.0 Å². The fraction of sp³-hybridized carbons (Fsp3) is 0.286. The van der Waals surface area contributed by atoms with Crippen LogP contribution in [0.15, 0.2) is 39.9 Å². The molecule has 1 aromatic carbocycles. The van der Waals surface area contributed by atoms with Crippen molar-refractivity contribution in [2.24, 2.45) is 0 Å². The third kappa shape index (κ3) is 3.04. The van der Waals surface area contributed by atoms with Crippen LogP contribution in [0.25, 0.3) is 0 Å². The van der Waals surface area contributed by atoms with E-state index in [1.807, 2.05) is 31.2 Å². The van der Waals surface area contributed by atoms with Gasteiger partial charge in [0, 0.05) is 23.7 Å². The van der Waals surface area contributed by atoms with Crippen LogP contribution < -0.4 is 10.5 Å². The molecule has 2 aromatic rings. The van der Waals surface area contributed by atoms with Crippen molar-refractivity contribution in [1.29, 1.82) is 0 Å². The zero-order valence-electron chi connectivity index (χ0n) is 12.1. The van der Waals surface area contributed by atoms with Crippen molar-refractivity contribution in [3.63, 3.8) is 0 Å². The second-order valence-electron chi connectivity index (χ2n) is 4.64. The van der Waals surface area contributed by atoms with Gasteiger partial charge in [-0.25, -0.2) is 8.42 Å². The number of benzene rings is 1. The Morgan fingerprint density at radius 3 is 2.57 bits per heavy atom. The van der Waals surface area contributed by atoms with Crippen molar-refractivity contribution in [2.45, 2.75) is 17.2 Å². The molecule has 0 fully saturated rings. The van der Waals surface area contributed by atoms with E-state index in [9.17, 15) is 8.42 Å². The monoisotopic (exact) mass is 326 g/mol. The molecule has 0 bridgehead atoms. The highest BCUT2D eigenvalue weighted by atomic mass is 32.2. The number of thiophene rings is 1. The summed E-state index contributed by atoms with van der Waals surface area (Å²) in [7, 11) is -0.447. The fourth-order valence-corrected chi connectivity index (χ4v) is 4.63. The number of methoxy groups -OCH3 is 1. The molecule has 0 aliphatic heterocycles. The minimum Gasteiger partial charge on any atom is -0.496 e. The van der Waals surface area contributed by atoms with Crippen LogP contribution in [0.5, 0.6) is 5.75 Å². The molecule has 1 unspecified atom stereocenters. The van der Waals surface area contributed by atoms with E-state index >= 15 is 0 Å². The Bertz CT molecular complexity index is 725. The van der Waals surface area contributed by atoms with Gasteiger partial charge in [-0.15, -0.1) is 11.3 Å². The molecule has 1 heterocycles. The summed E-state index contributed by atoms with van der Waals surface area (Å²) < 4.78 is 32.1. The van der Waals surface area contributed by atoms with E-state index in [1.54, 1.807) is 19.5 Å². The van der Waals surface area contributed by atoms with Gasteiger partial charge in [-0.05, 0) is 19.1 Å². The third-order valence-corrected chi connectivity index (χ3v) is 6.72. The van der Waals surface area contributed by atoms with Gasteiger partial charge in [0.2, 0.25) is 0 Å². The molecule has 7 heteroatoms. The first kappa shape index (κ1) is 15.8. The normalized spacial score (nSPS) is 13.3. The summed E-state index contributed by atoms with van der Waals surface area (Å²) in [6.07, 6.45) is 0. The first-order valence-electron chi connectivity index (χ1n) is 6.33. The lowest BCUT2D eigenvalue weighted by molar-refractivity contribution is 0.367. The van der Waals surface area contributed by atoms with Gasteiger partial charge in [0.05, 0.1) is 13.2 Å². The maximum Gasteiger partial charge on any atom is 0.252 e. The van der Waals surface area contributed by atoms with Crippen LogP contribution in [0.4, 0.5) is 5.69 Å². The predicted octanol–water partition coefficient (Wildman–Crippen LogP) is 2.72. The number of nitrogens with two attached hydrogens (primary N) is 1. The smallest absolute Gasteiger partial charge is 0.252 e. The van der Waals surface area contributed by atoms with E-state index in [2.05, 4.69) is 0 Å². The van der Waals surface area contributed by atoms with Gasteiger partial charge >= 0.3 is 0 Å². The van der Waals surface area contributed by atoms with Crippen LogP contribution in [0.2, 0.25) is 0 Å². The lowest BCUT2D eigenvalue weighted by Gasteiger charge is -2.25. The molecule has 0 amide bonds. The van der Waals surface area contributed by atoms with Gasteiger partial charge in [0.1, 0.15) is 9.96 Å². The number of nitrogens with zero attached hydrogens (tertiary/aromatic N) is 1. The van der Waals surface area contributed by atoms with E-state index in [0.29, 0.717) is 11.4 Å². The summed E-state index contributed by atoms with van der Waals surface area (Å²) in [4.78, 5) is 0. The highest BCUT2D eigenvalue weighted by Gasteiger charge is 2.28. The zero-order chi connectivity index (χ0) is 15.6. The summed E-state index contributed by atoms with van der Waals surface area (Å²) in [6.45, 7) is 1.83. The molecule has 0 spiro atoms. The molecule has 114 valence electrons. The summed E-state index contributed by atoms with van der Waals surface area (Å²) >= 11 is 1.12. The minimum absolute atomic E-state index is 0.240. The molecule has 2 N–H and O–H groups in total. The summed E-state index contributed by atoms with van der Waals surface area (Å²) in [5.74, 6) is 0.665. The molecule has 0 aliphatic carbocycles. The largest absolute Gasteiger partial charge is 0.496 e. The average molecular weight is 326 g/mol. The minimum atomic E-state index is -3.57. The number of hydrogen-bond donors (Lipinski definition) is 1. The maximum absolute atomic E-state index is 12.6. The van der Waals surface area contributed by atoms with Crippen molar-refractivity contribution in [3.05, 3.63) is 41.3 Å². The molecule has 1 aromatic heterocycles. The molecule has 2 rings (SSSR count). The highest BCUT2D eigenvalue weighted by Crippen LogP contribution is 2.33. The molecular formula is C14H18N2O3S2. The number of ether oxygens (including phenoxy) is 1. The molecule has 0 aliphatic rings. The van der Waals surface area contributed by atoms with Crippen LogP contribution >= 0.6 is 11.3 Å². The van der Waals surface area contributed by atoms with E-state index in [-0.39, 0.29) is 10.3 Å². The maximum atomic E-state index is 12.6. The lowest BCUT2D eigenvalue weighted by atomic mass is 10.1. The first-order chi connectivity index (χ1) is 9.87. The van der Waals surface area contributed by atoms with Crippen LogP contribution in [-0.2, 0) is 10.0 Å². The van der Waals surface area contributed by atoms with Crippen molar-refractivity contribution in [2.75, 3.05) is 19.9 Å². The number of nitrogen functional groups attached to an aromatic ring is 1. The zero-order valence-corrected chi connectivity index (χ0v) is 13.7. The average Bonchev–Trinajstić information content (AvgIpc) is 2.93. The van der Waals surface area contributed by atoms with Gasteiger partial charge in [-0.1, -0.05) is 18.2 Å². The van der Waals surface area contributed by atoms with Crippen LogP contribution in [0, 0.1) is 0 Å². The molecule has 0 saturated heterocycles. The lowest BCUT2D eigenvalue weighted by Crippen LogP contribution is -2.29. The van der Waals surface area contributed by atoms with Gasteiger partial charge < -0.3 is 10.5 Å². The van der Waals surface area contributed by atoms with Crippen molar-refractivity contribution in [1.82, 2.24) is 4.31 Å². The molecule has 21 heavy (non-hydrogen) atoms. The van der Waals surface area contributed by atoms with Gasteiger partial charge in [0.25, 0.3) is 10.0 Å². The standard InChI is InChI=1S/C14H18N2O3S2/c1-10(12-6-4-5-7-13(12)19-3)16(2)21(17,18)14-8-11(15)9-20-14/h4-10H,15H2,1-3H3. The number of rotatable bonds is 5. The second-order valence-corrected chi connectivity index (χ2v) is 7.77. The van der Waals surface area contributed by atoms with Crippen LogP contribution in [-0.4, -0.2) is 26.9 Å². The Morgan fingerprint density at radius 2 is 2.00 bits per heavy atom. The predicted molar refractivity (Wildman–Crippen MR) is 85.1 cm³/mol. The Kier molecular flexibility index (Phi) is 4.55. The van der Waals surface area contributed by atoms with Crippen molar-refractivity contribution >= 4 is 27.0 Å². The third-order valence-electron chi connectivity index (χ3n) is 3.36. The first-order valence-corrected chi connectivity index (χ1v) is 8.65. The van der Waals surface area contributed by atoms with Crippen LogP contribution in [0.3, 0.4) is 0 Å². The molecular weight excluding hydrogens is 308 g/mol. The second kappa shape index (κ2) is 6.05. The van der Waals surface area contributed by atoms with Crippen molar-refractivity contribution in [3.8, 4) is 5.75 Å². The van der Waals surface area contributed by atoms with Gasteiger partial charge in [0.15, 0.2) is 0 Å². The molecule has 0 radical (unpaired) electrons. The number of sulfonamides is 1. The summed E-state index contributed by atoms with van der Waals surface area (Å²) in [5, 5.41) is 1.62. The number of hydrogen-bond acceptors (Lipinski definition) is 5. The fourth-order valence-electron chi connectivity index (χ4n) is 2.02. The topological polar surface area (TPSA) is 72.6 Å². The summed E-state index contributed by atoms with van der Waals surface area (Å²) in [6, 6.07) is 8.51. The SMILES string of the molecule is COc1ccccc1C(C)N(C)S(=O)(=O)c1cc(N)cs1. The number of para-hydroxylation sites is 1. The number of anilines is 1. The Morgan fingerprint density at radius 1 is 1.33 bits per heavy atom. The quantitative estimate of drug-likeness (QED) is 0.917. The summed E-state index contributed by atoms with van der Waals surface area (Å²) in [5.41, 5.74) is 6.89. The Balaban J connectivity index is 2.37. The van der Waals surface area contributed by atoms with E-state index in [0.717, 1.165) is 16.9 Å². The molecule has 1 atom stereocenters. The van der Waals surface area contributed by atoms with E-state index in [4.69, 9.17) is 10.5 Å². The Labute approximate surface area is 129 Å². The highest BCUT2D eigenvalue weighted by molar-refractivity contribution is 7.91. The Hall–Kier alpha value is -1.57. The van der Waals surface area contributed by atoms with Gasteiger partial charge in [-0.2, -0.15) is 4.31 Å². The van der Waals surface area contributed by atoms with E-state index in [1.165, 1.54) is 10.4 Å². The van der Waals surface area contributed by atoms with Crippen molar-refractivity contribution < 1.29 is 13.2 Å². The van der Waals surface area contributed by atoms with Crippen LogP contribution in [0.1, 0.15) is 18.5 Å².